The van der Waals surface area contributed by atoms with E-state index in [0.29, 0.717) is 0 Å². The van der Waals surface area contributed by atoms with Crippen LogP contribution in [0.5, 0.6) is 0 Å². The number of nitrogens with zero attached hydrogens (tertiary/aromatic N) is 4. The number of hydrogen-bond acceptors (Lipinski definition) is 5. The normalized spacial score (nSPS) is 20.5. The highest BCUT2D eigenvalue weighted by Crippen LogP contribution is 2.41. The minimum Gasteiger partial charge on any atom is -0.478 e. The third-order valence-corrected chi connectivity index (χ3v) is 7.47. The number of carbonyl (C=O) groups is 1. The lowest BCUT2D eigenvalue weighted by Crippen LogP contribution is -2.42. The molecule has 188 valence electrons. The molecular formula is C27H31N5O3S. The predicted octanol–water partition coefficient (Wildman–Crippen LogP) is 3.49. The van der Waals surface area contributed by atoms with Gasteiger partial charge in [-0.2, -0.15) is 0 Å². The van der Waals surface area contributed by atoms with Gasteiger partial charge in [-0.15, -0.1) is 0 Å². The number of aromatic carboxylic acids is 1. The highest BCUT2D eigenvalue weighted by molar-refractivity contribution is 7.80. The molecule has 2 atom stereocenters. The number of thiocarbonyl (C=S) groups is 1. The van der Waals surface area contributed by atoms with Crippen molar-refractivity contribution in [1.82, 2.24) is 24.7 Å². The number of hydrogen-bond donors (Lipinski definition) is 2. The molecule has 8 nitrogen and oxygen atoms in total. The van der Waals surface area contributed by atoms with Gasteiger partial charge in [0.25, 0.3) is 0 Å². The lowest BCUT2D eigenvalue weighted by Gasteiger charge is -2.32. The molecule has 0 radical (unpaired) electrons. The molecule has 2 aromatic heterocycles. The summed E-state index contributed by atoms with van der Waals surface area (Å²) in [5.41, 5.74) is 5.52. The Morgan fingerprint density at radius 1 is 1.14 bits per heavy atom. The highest BCUT2D eigenvalue weighted by atomic mass is 32.1. The minimum atomic E-state index is -0.928. The molecule has 5 rings (SSSR count). The third-order valence-electron chi connectivity index (χ3n) is 7.12. The maximum absolute atomic E-state index is 11.3. The molecule has 1 aromatic carbocycles. The topological polar surface area (TPSA) is 82.9 Å². The van der Waals surface area contributed by atoms with Crippen molar-refractivity contribution < 1.29 is 14.6 Å². The van der Waals surface area contributed by atoms with Crippen LogP contribution in [-0.4, -0.2) is 74.9 Å². The van der Waals surface area contributed by atoms with Crippen LogP contribution >= 0.6 is 12.2 Å². The summed E-state index contributed by atoms with van der Waals surface area (Å²) in [5.74, 6) is -0.928. The standard InChI is InChI=1S/C27H31N5O3S/c1-18-17-22(19(2)32(18)21-8-6-20(7-9-21)26(33)34)25-24(23-5-3-4-10-28-23)29-27(36)31(25)12-11-30-13-15-35-16-14-30/h3-10,17,24-25H,11-16H2,1-2H3,(H,29,36)(H,33,34)/t24-,25+/m0/s1. The average Bonchev–Trinajstić information content (AvgIpc) is 3.38. The van der Waals surface area contributed by atoms with Gasteiger partial charge in [-0.3, -0.25) is 9.88 Å². The van der Waals surface area contributed by atoms with Crippen LogP contribution in [0.15, 0.2) is 54.7 Å². The van der Waals surface area contributed by atoms with Crippen LogP contribution in [0.2, 0.25) is 0 Å². The van der Waals surface area contributed by atoms with Crippen LogP contribution in [0.3, 0.4) is 0 Å². The van der Waals surface area contributed by atoms with E-state index >= 15 is 0 Å². The first kappa shape index (κ1) is 24.4. The van der Waals surface area contributed by atoms with Crippen molar-refractivity contribution in [2.24, 2.45) is 0 Å². The minimum absolute atomic E-state index is 0.0216. The fourth-order valence-corrected chi connectivity index (χ4v) is 5.63. The zero-order chi connectivity index (χ0) is 25.2. The number of ether oxygens (including phenoxy) is 1. The molecule has 0 spiro atoms. The van der Waals surface area contributed by atoms with E-state index in [0.717, 1.165) is 67.3 Å². The maximum Gasteiger partial charge on any atom is 0.335 e. The van der Waals surface area contributed by atoms with Crippen LogP contribution in [-0.2, 0) is 4.74 Å². The molecule has 36 heavy (non-hydrogen) atoms. The van der Waals surface area contributed by atoms with Crippen molar-refractivity contribution in [3.8, 4) is 5.69 Å². The van der Waals surface area contributed by atoms with Crippen molar-refractivity contribution in [3.63, 3.8) is 0 Å². The second-order valence-corrected chi connectivity index (χ2v) is 9.67. The van der Waals surface area contributed by atoms with Crippen molar-refractivity contribution in [3.05, 3.63) is 82.9 Å². The van der Waals surface area contributed by atoms with Crippen molar-refractivity contribution in [1.29, 1.82) is 0 Å². The fraction of sp³-hybridized carbons (Fsp3) is 0.370. The molecule has 0 saturated carbocycles. The number of rotatable bonds is 7. The van der Waals surface area contributed by atoms with E-state index in [1.165, 1.54) is 5.56 Å². The SMILES string of the molecule is Cc1cc([C@@H]2[C@H](c3ccccn3)NC(=S)N2CCN2CCOCC2)c(C)n1-c1ccc(C(=O)O)cc1. The fourth-order valence-electron chi connectivity index (χ4n) is 5.30. The molecule has 0 unspecified atom stereocenters. The van der Waals surface area contributed by atoms with E-state index in [9.17, 15) is 9.90 Å². The van der Waals surface area contributed by atoms with Gasteiger partial charge in [0.05, 0.1) is 36.6 Å². The number of benzene rings is 1. The van der Waals surface area contributed by atoms with Gasteiger partial charge in [0.15, 0.2) is 5.11 Å². The number of aryl methyl sites for hydroxylation is 1. The molecule has 0 aliphatic carbocycles. The molecule has 4 heterocycles. The van der Waals surface area contributed by atoms with Gasteiger partial charge in [-0.25, -0.2) is 4.79 Å². The summed E-state index contributed by atoms with van der Waals surface area (Å²) in [6.07, 6.45) is 1.82. The molecule has 0 bridgehead atoms. The summed E-state index contributed by atoms with van der Waals surface area (Å²) < 4.78 is 7.69. The summed E-state index contributed by atoms with van der Waals surface area (Å²) in [6.45, 7) is 9.31. The van der Waals surface area contributed by atoms with Gasteiger partial charge >= 0.3 is 5.97 Å². The largest absolute Gasteiger partial charge is 0.478 e. The molecular weight excluding hydrogens is 474 g/mol. The molecule has 2 saturated heterocycles. The Kier molecular flexibility index (Phi) is 7.04. The Morgan fingerprint density at radius 3 is 2.56 bits per heavy atom. The maximum atomic E-state index is 11.3. The number of carboxylic acid groups (broad SMARTS) is 1. The van der Waals surface area contributed by atoms with Crippen LogP contribution in [0, 0.1) is 13.8 Å². The number of carboxylic acids is 1. The summed E-state index contributed by atoms with van der Waals surface area (Å²) in [5, 5.41) is 13.6. The zero-order valence-corrected chi connectivity index (χ0v) is 21.4. The second kappa shape index (κ2) is 10.4. The van der Waals surface area contributed by atoms with Gasteiger partial charge < -0.3 is 24.6 Å². The van der Waals surface area contributed by atoms with Crippen molar-refractivity contribution in [2.45, 2.75) is 25.9 Å². The molecule has 2 N–H and O–H groups in total. The Labute approximate surface area is 216 Å². The van der Waals surface area contributed by atoms with Gasteiger partial charge in [0.2, 0.25) is 0 Å². The van der Waals surface area contributed by atoms with Gasteiger partial charge in [-0.05, 0) is 74.1 Å². The van der Waals surface area contributed by atoms with Crippen molar-refractivity contribution >= 4 is 23.3 Å². The Morgan fingerprint density at radius 2 is 1.89 bits per heavy atom. The monoisotopic (exact) mass is 505 g/mol. The van der Waals surface area contributed by atoms with Crippen LogP contribution < -0.4 is 5.32 Å². The first-order chi connectivity index (χ1) is 17.4. The number of nitrogens with one attached hydrogen (secondary N) is 1. The number of aromatic nitrogens is 2. The Hall–Kier alpha value is -3.27. The predicted molar refractivity (Wildman–Crippen MR) is 142 cm³/mol. The second-order valence-electron chi connectivity index (χ2n) is 9.29. The average molecular weight is 506 g/mol. The Balaban J connectivity index is 1.51. The molecule has 0 amide bonds. The number of pyridine rings is 1. The molecule has 2 fully saturated rings. The van der Waals surface area contributed by atoms with E-state index in [2.05, 4.69) is 44.6 Å². The lowest BCUT2D eigenvalue weighted by atomic mass is 9.96. The quantitative estimate of drug-likeness (QED) is 0.473. The number of morpholine rings is 1. The van der Waals surface area contributed by atoms with E-state index in [1.54, 1.807) is 12.1 Å². The molecule has 9 heteroatoms. The van der Waals surface area contributed by atoms with E-state index in [-0.39, 0.29) is 17.6 Å². The van der Waals surface area contributed by atoms with E-state index in [1.807, 2.05) is 36.5 Å². The lowest BCUT2D eigenvalue weighted by molar-refractivity contribution is 0.0350. The first-order valence-corrected chi connectivity index (χ1v) is 12.7. The summed E-state index contributed by atoms with van der Waals surface area (Å²) in [6, 6.07) is 15.1. The van der Waals surface area contributed by atoms with Gasteiger partial charge in [0, 0.05) is 49.5 Å². The Bertz CT molecular complexity index is 1240. The van der Waals surface area contributed by atoms with Crippen LogP contribution in [0.4, 0.5) is 0 Å². The highest BCUT2D eigenvalue weighted by Gasteiger charge is 2.41. The third kappa shape index (κ3) is 4.74. The van der Waals surface area contributed by atoms with Crippen molar-refractivity contribution in [2.75, 3.05) is 39.4 Å². The molecule has 2 aliphatic rings. The van der Waals surface area contributed by atoms with E-state index in [4.69, 9.17) is 17.0 Å². The van der Waals surface area contributed by atoms with Crippen LogP contribution in [0.25, 0.3) is 5.69 Å². The van der Waals surface area contributed by atoms with Gasteiger partial charge in [-0.1, -0.05) is 6.07 Å². The molecule has 2 aliphatic heterocycles. The van der Waals surface area contributed by atoms with Crippen LogP contribution in [0.1, 0.15) is 45.1 Å². The summed E-state index contributed by atoms with van der Waals surface area (Å²) >= 11 is 5.86. The smallest absolute Gasteiger partial charge is 0.335 e. The summed E-state index contributed by atoms with van der Waals surface area (Å²) in [7, 11) is 0. The zero-order valence-electron chi connectivity index (χ0n) is 20.6. The molecule has 3 aromatic rings. The summed E-state index contributed by atoms with van der Waals surface area (Å²) in [4.78, 5) is 20.7. The van der Waals surface area contributed by atoms with Gasteiger partial charge in [0.1, 0.15) is 0 Å². The van der Waals surface area contributed by atoms with E-state index < -0.39 is 5.97 Å². The first-order valence-electron chi connectivity index (χ1n) is 12.2.